The molecule has 40 heavy (non-hydrogen) atoms. The Bertz CT molecular complexity index is 1590. The molecule has 6 rings (SSSR count). The number of nitrogens with zero attached hydrogens (tertiary/aromatic N) is 4. The van der Waals surface area contributed by atoms with Crippen molar-refractivity contribution in [2.75, 3.05) is 29.9 Å². The number of rotatable bonds is 5. The number of carbonyl (C=O) groups is 2. The van der Waals surface area contributed by atoms with Crippen LogP contribution >= 0.6 is 22.6 Å². The Morgan fingerprint density at radius 2 is 1.98 bits per heavy atom. The quantitative estimate of drug-likeness (QED) is 0.464. The number of benzene rings is 1. The van der Waals surface area contributed by atoms with Crippen LogP contribution in [0.5, 0.6) is 0 Å². The minimum absolute atomic E-state index is 0.0438. The summed E-state index contributed by atoms with van der Waals surface area (Å²) >= 11 is 2.02. The van der Waals surface area contributed by atoms with Crippen molar-refractivity contribution < 1.29 is 18.7 Å². The highest BCUT2D eigenvalue weighted by Crippen LogP contribution is 2.40. The Morgan fingerprint density at radius 1 is 1.18 bits per heavy atom. The first-order valence-corrected chi connectivity index (χ1v) is 14.3. The molecule has 1 saturated carbocycles. The molecule has 0 unspecified atom stereocenters. The van der Waals surface area contributed by atoms with Crippen LogP contribution < -0.4 is 21.1 Å². The number of ether oxygens (including phenoxy) is 1. The Balaban J connectivity index is 1.52. The second kappa shape index (κ2) is 10.4. The monoisotopic (exact) mass is 658 g/mol. The number of aliphatic imine (C=N–C) groups is 1. The number of amides is 2. The minimum Gasteiger partial charge on any atom is -0.463 e. The third kappa shape index (κ3) is 4.78. The number of nitrogens with one attached hydrogen (secondary N) is 2. The molecule has 2 aromatic rings. The Hall–Kier alpha value is -3.68. The lowest BCUT2D eigenvalue weighted by atomic mass is 10.0. The number of ketones is 1. The lowest BCUT2D eigenvalue weighted by Gasteiger charge is -2.32. The van der Waals surface area contributed by atoms with Crippen molar-refractivity contribution >= 4 is 57.6 Å². The van der Waals surface area contributed by atoms with Gasteiger partial charge in [0.1, 0.15) is 18.2 Å². The summed E-state index contributed by atoms with van der Waals surface area (Å²) in [6.45, 7) is 2.56. The molecule has 0 atom stereocenters. The third-order valence-corrected chi connectivity index (χ3v) is 8.10. The SMILES string of the molecule is Cc1c2c(c(Nc3ccc(I)cc3F)n(C)c1=O)C(=O)CN(C1CC1)C(=O)N2C1=CC(NC2=NCCO2)=CCC1. The van der Waals surface area contributed by atoms with Crippen molar-refractivity contribution in [1.82, 2.24) is 14.8 Å². The molecule has 1 aromatic carbocycles. The average Bonchev–Trinajstić information content (AvgIpc) is 3.66. The summed E-state index contributed by atoms with van der Waals surface area (Å²) in [5.74, 6) is -0.691. The van der Waals surface area contributed by atoms with Crippen LogP contribution in [-0.2, 0) is 11.8 Å². The molecule has 0 bridgehead atoms. The van der Waals surface area contributed by atoms with Gasteiger partial charge in [0.2, 0.25) is 0 Å². The molecule has 2 aliphatic carbocycles. The van der Waals surface area contributed by atoms with Gasteiger partial charge in [0.15, 0.2) is 5.78 Å². The van der Waals surface area contributed by atoms with Crippen molar-refractivity contribution in [3.8, 4) is 0 Å². The van der Waals surface area contributed by atoms with Gasteiger partial charge in [0, 0.05) is 33.6 Å². The maximum Gasteiger partial charge on any atom is 0.329 e. The number of carbonyl (C=O) groups excluding carboxylic acids is 2. The fraction of sp³-hybridized carbons (Fsp3) is 0.357. The van der Waals surface area contributed by atoms with E-state index in [1.807, 2.05) is 34.7 Å². The predicted octanol–water partition coefficient (Wildman–Crippen LogP) is 4.31. The van der Waals surface area contributed by atoms with E-state index in [0.29, 0.717) is 47.0 Å². The number of pyridine rings is 1. The van der Waals surface area contributed by atoms with E-state index < -0.39 is 11.4 Å². The molecule has 0 saturated heterocycles. The molecule has 208 valence electrons. The van der Waals surface area contributed by atoms with Gasteiger partial charge in [-0.25, -0.2) is 14.2 Å². The van der Waals surface area contributed by atoms with Gasteiger partial charge in [-0.1, -0.05) is 6.08 Å². The number of amidine groups is 1. The maximum atomic E-state index is 14.9. The van der Waals surface area contributed by atoms with Crippen molar-refractivity contribution in [1.29, 1.82) is 0 Å². The molecule has 2 amide bonds. The molecular weight excluding hydrogens is 630 g/mol. The summed E-state index contributed by atoms with van der Waals surface area (Å²) in [6.07, 6.45) is 6.58. The summed E-state index contributed by atoms with van der Waals surface area (Å²) in [4.78, 5) is 49.1. The lowest BCUT2D eigenvalue weighted by Crippen LogP contribution is -2.45. The number of Topliss-reactive ketones (excluding diaryl/α,β-unsaturated/α-hetero) is 1. The van der Waals surface area contributed by atoms with Crippen molar-refractivity contribution in [3.63, 3.8) is 0 Å². The van der Waals surface area contributed by atoms with Gasteiger partial charge in [-0.2, -0.15) is 0 Å². The molecule has 0 spiro atoms. The third-order valence-electron chi connectivity index (χ3n) is 7.43. The second-order valence-electron chi connectivity index (χ2n) is 10.2. The van der Waals surface area contributed by atoms with Crippen LogP contribution in [0.3, 0.4) is 0 Å². The van der Waals surface area contributed by atoms with Crippen LogP contribution in [0.2, 0.25) is 0 Å². The molecule has 2 N–H and O–H groups in total. The smallest absolute Gasteiger partial charge is 0.329 e. The predicted molar refractivity (Wildman–Crippen MR) is 158 cm³/mol. The van der Waals surface area contributed by atoms with Gasteiger partial charge in [-0.15, -0.1) is 0 Å². The number of urea groups is 1. The fourth-order valence-electron chi connectivity index (χ4n) is 5.28. The fourth-order valence-corrected chi connectivity index (χ4v) is 5.73. The number of hydrogen-bond donors (Lipinski definition) is 2. The molecule has 2 aliphatic heterocycles. The zero-order valence-corrected chi connectivity index (χ0v) is 24.2. The first-order valence-electron chi connectivity index (χ1n) is 13.2. The van der Waals surface area contributed by atoms with Gasteiger partial charge in [0.25, 0.3) is 11.6 Å². The summed E-state index contributed by atoms with van der Waals surface area (Å²) in [5.41, 5.74) is 1.76. The van der Waals surface area contributed by atoms with Crippen LogP contribution in [0.1, 0.15) is 41.6 Å². The van der Waals surface area contributed by atoms with Crippen LogP contribution in [0.4, 0.5) is 26.4 Å². The highest BCUT2D eigenvalue weighted by atomic mass is 127. The number of anilines is 3. The Morgan fingerprint density at radius 3 is 2.67 bits per heavy atom. The lowest BCUT2D eigenvalue weighted by molar-refractivity contribution is 0.0948. The van der Waals surface area contributed by atoms with E-state index in [1.54, 1.807) is 31.0 Å². The first kappa shape index (κ1) is 26.5. The van der Waals surface area contributed by atoms with Gasteiger partial charge < -0.3 is 20.3 Å². The van der Waals surface area contributed by atoms with E-state index in [9.17, 15) is 18.8 Å². The summed E-state index contributed by atoms with van der Waals surface area (Å²) in [7, 11) is 1.54. The number of allylic oxidation sites excluding steroid dienone is 3. The first-order chi connectivity index (χ1) is 19.2. The molecule has 1 aromatic heterocycles. The number of hydrogen-bond acceptors (Lipinski definition) is 7. The summed E-state index contributed by atoms with van der Waals surface area (Å²) in [6, 6.07) is 4.69. The number of aromatic nitrogens is 1. The normalized spacial score (nSPS) is 18.9. The summed E-state index contributed by atoms with van der Waals surface area (Å²) < 4.78 is 22.4. The molecule has 3 heterocycles. The Labute approximate surface area is 243 Å². The summed E-state index contributed by atoms with van der Waals surface area (Å²) in [5, 5.41) is 6.17. The Kier molecular flexibility index (Phi) is 6.88. The molecule has 10 nitrogen and oxygen atoms in total. The second-order valence-corrected chi connectivity index (χ2v) is 11.5. The average molecular weight is 658 g/mol. The molecule has 12 heteroatoms. The van der Waals surface area contributed by atoms with E-state index in [0.717, 1.165) is 12.8 Å². The standard InChI is InChI=1S/C28H28FIN6O4/c1-15-24-23(25(34(2)26(15)38)33-21-9-6-16(30)12-20(21)29)22(37)14-35(18-7-8-18)28(39)36(24)19-5-3-4-17(13-19)32-27-31-10-11-40-27/h4,6,9,12-13,18,33H,3,5,7-8,10-11,14H2,1-2H3,(H,31,32). The maximum absolute atomic E-state index is 14.9. The molecular formula is C28H28FIN6O4. The largest absolute Gasteiger partial charge is 0.463 e. The molecule has 0 radical (unpaired) electrons. The topological polar surface area (TPSA) is 108 Å². The van der Waals surface area contributed by atoms with E-state index in [-0.39, 0.29) is 52.7 Å². The van der Waals surface area contributed by atoms with Gasteiger partial charge in [-0.05, 0) is 79.5 Å². The van der Waals surface area contributed by atoms with E-state index in [4.69, 9.17) is 4.74 Å². The highest BCUT2D eigenvalue weighted by molar-refractivity contribution is 14.1. The number of halogens is 2. The van der Waals surface area contributed by atoms with E-state index in [1.165, 1.54) is 15.5 Å². The van der Waals surface area contributed by atoms with Crippen LogP contribution in [0.25, 0.3) is 0 Å². The van der Waals surface area contributed by atoms with Gasteiger partial charge in [0.05, 0.1) is 30.0 Å². The van der Waals surface area contributed by atoms with Crippen LogP contribution in [0, 0.1) is 16.3 Å². The zero-order chi connectivity index (χ0) is 28.1. The van der Waals surface area contributed by atoms with E-state index in [2.05, 4.69) is 15.6 Å². The van der Waals surface area contributed by atoms with Crippen molar-refractivity contribution in [2.45, 2.75) is 38.6 Å². The van der Waals surface area contributed by atoms with Gasteiger partial charge in [-0.3, -0.25) is 19.1 Å². The molecule has 4 aliphatic rings. The van der Waals surface area contributed by atoms with Crippen LogP contribution in [0.15, 0.2) is 51.5 Å². The van der Waals surface area contributed by atoms with Crippen molar-refractivity contribution in [2.24, 2.45) is 12.0 Å². The van der Waals surface area contributed by atoms with Crippen molar-refractivity contribution in [3.05, 3.63) is 72.6 Å². The molecule has 1 fully saturated rings. The highest BCUT2D eigenvalue weighted by Gasteiger charge is 2.43. The zero-order valence-electron chi connectivity index (χ0n) is 22.1. The van der Waals surface area contributed by atoms with Crippen LogP contribution in [-0.4, -0.2) is 53.0 Å². The number of fused-ring (bicyclic) bond motifs is 1. The van der Waals surface area contributed by atoms with E-state index >= 15 is 0 Å². The van der Waals surface area contributed by atoms with Gasteiger partial charge >= 0.3 is 6.03 Å². The minimum atomic E-state index is -0.518.